The molecule has 8 nitrogen and oxygen atoms in total. The van der Waals surface area contributed by atoms with Gasteiger partial charge in [-0.1, -0.05) is 24.3 Å². The summed E-state index contributed by atoms with van der Waals surface area (Å²) in [5, 5.41) is 37.3. The molecule has 1 aliphatic carbocycles. The van der Waals surface area contributed by atoms with Gasteiger partial charge in [-0.05, 0) is 53.6 Å². The number of benzene rings is 3. The first-order chi connectivity index (χ1) is 15.3. The van der Waals surface area contributed by atoms with E-state index in [1.165, 1.54) is 12.1 Å². The lowest BCUT2D eigenvalue weighted by atomic mass is 9.90. The summed E-state index contributed by atoms with van der Waals surface area (Å²) < 4.78 is 13.8. The van der Waals surface area contributed by atoms with Gasteiger partial charge < -0.3 is 20.8 Å². The maximum absolute atomic E-state index is 13.8. The van der Waals surface area contributed by atoms with Crippen LogP contribution in [0, 0.1) is 15.9 Å². The Balaban J connectivity index is 1.44. The molecule has 0 fully saturated rings. The Kier molecular flexibility index (Phi) is 5.67. The Morgan fingerprint density at radius 2 is 1.62 bits per heavy atom. The highest BCUT2D eigenvalue weighted by molar-refractivity contribution is 6.04. The molecule has 2 atom stereocenters. The predicted molar refractivity (Wildman–Crippen MR) is 116 cm³/mol. The zero-order chi connectivity index (χ0) is 22.8. The minimum Gasteiger partial charge on any atom is -0.384 e. The Hall–Kier alpha value is -4.08. The number of nitro groups is 1. The van der Waals surface area contributed by atoms with E-state index in [1.54, 1.807) is 48.5 Å². The molecule has 0 saturated heterocycles. The highest BCUT2D eigenvalue weighted by Crippen LogP contribution is 2.36. The highest BCUT2D eigenvalue weighted by atomic mass is 19.1. The normalized spacial score (nSPS) is 17.2. The quantitative estimate of drug-likeness (QED) is 0.354. The number of halogens is 1. The van der Waals surface area contributed by atoms with Gasteiger partial charge >= 0.3 is 5.69 Å². The standard InChI is InChI=1S/C23H18FN3O5/c24-18-11-13(5-10-20(18)27(31)32)23(30)26-15-8-6-14(7-9-15)25-19-12-21(28)16-3-1-2-4-17(16)22(19)29/h1-12,21-22,25,28-29H,(H,26,30). The average molecular weight is 435 g/mol. The number of carbonyl (C=O) groups excluding carboxylic acids is 1. The Bertz CT molecular complexity index is 1230. The van der Waals surface area contributed by atoms with Crippen molar-refractivity contribution in [3.05, 3.63) is 111 Å². The van der Waals surface area contributed by atoms with E-state index in [0.29, 0.717) is 28.2 Å². The van der Waals surface area contributed by atoms with Gasteiger partial charge in [-0.15, -0.1) is 0 Å². The second-order valence-electron chi connectivity index (χ2n) is 7.18. The summed E-state index contributed by atoms with van der Waals surface area (Å²) in [6, 6.07) is 16.5. The maximum Gasteiger partial charge on any atom is 0.304 e. The van der Waals surface area contributed by atoms with Crippen molar-refractivity contribution in [2.45, 2.75) is 12.2 Å². The Labute approximate surface area is 181 Å². The van der Waals surface area contributed by atoms with Crippen LogP contribution in [-0.4, -0.2) is 21.0 Å². The van der Waals surface area contributed by atoms with Crippen LogP contribution in [-0.2, 0) is 0 Å². The average Bonchev–Trinajstić information content (AvgIpc) is 2.78. The van der Waals surface area contributed by atoms with E-state index in [4.69, 9.17) is 0 Å². The minimum atomic E-state index is -1.09. The van der Waals surface area contributed by atoms with Gasteiger partial charge in [0.15, 0.2) is 0 Å². The number of nitrogens with one attached hydrogen (secondary N) is 2. The second-order valence-corrected chi connectivity index (χ2v) is 7.18. The minimum absolute atomic E-state index is 0.0570. The molecule has 9 heteroatoms. The molecule has 0 heterocycles. The number of amides is 1. The maximum atomic E-state index is 13.8. The monoisotopic (exact) mass is 435 g/mol. The van der Waals surface area contributed by atoms with Gasteiger partial charge in [-0.25, -0.2) is 0 Å². The van der Waals surface area contributed by atoms with Crippen LogP contribution in [0.25, 0.3) is 0 Å². The van der Waals surface area contributed by atoms with Crippen molar-refractivity contribution in [2.24, 2.45) is 0 Å². The highest BCUT2D eigenvalue weighted by Gasteiger charge is 2.25. The van der Waals surface area contributed by atoms with E-state index in [1.807, 2.05) is 0 Å². The number of nitro benzene ring substituents is 1. The van der Waals surface area contributed by atoms with E-state index in [9.17, 15) is 29.5 Å². The van der Waals surface area contributed by atoms with Crippen molar-refractivity contribution in [1.29, 1.82) is 0 Å². The number of nitrogens with zero attached hydrogens (tertiary/aromatic N) is 1. The van der Waals surface area contributed by atoms with E-state index in [0.717, 1.165) is 12.1 Å². The lowest BCUT2D eigenvalue weighted by Crippen LogP contribution is -2.18. The summed E-state index contributed by atoms with van der Waals surface area (Å²) in [4.78, 5) is 22.1. The lowest BCUT2D eigenvalue weighted by molar-refractivity contribution is -0.387. The van der Waals surface area contributed by atoms with Crippen LogP contribution in [0.15, 0.2) is 78.5 Å². The fraction of sp³-hybridized carbons (Fsp3) is 0.0870. The molecule has 3 aromatic rings. The zero-order valence-electron chi connectivity index (χ0n) is 16.5. The van der Waals surface area contributed by atoms with Crippen molar-refractivity contribution in [1.82, 2.24) is 0 Å². The second kappa shape index (κ2) is 8.58. The molecule has 0 radical (unpaired) electrons. The van der Waals surface area contributed by atoms with Gasteiger partial charge in [0.2, 0.25) is 5.82 Å². The van der Waals surface area contributed by atoms with Crippen molar-refractivity contribution >= 4 is 23.0 Å². The molecule has 0 saturated carbocycles. The lowest BCUT2D eigenvalue weighted by Gasteiger charge is -2.27. The van der Waals surface area contributed by atoms with Gasteiger partial charge in [0, 0.05) is 28.7 Å². The molecule has 32 heavy (non-hydrogen) atoms. The van der Waals surface area contributed by atoms with Gasteiger partial charge in [0.25, 0.3) is 5.91 Å². The number of hydrogen-bond donors (Lipinski definition) is 4. The molecule has 0 bridgehead atoms. The smallest absolute Gasteiger partial charge is 0.304 e. The van der Waals surface area contributed by atoms with Gasteiger partial charge in [0.1, 0.15) is 6.10 Å². The molecule has 0 aliphatic heterocycles. The molecule has 162 valence electrons. The molecule has 3 aromatic carbocycles. The Morgan fingerprint density at radius 3 is 2.28 bits per heavy atom. The third-order valence-electron chi connectivity index (χ3n) is 5.08. The number of anilines is 2. The van der Waals surface area contributed by atoms with Crippen LogP contribution < -0.4 is 10.6 Å². The van der Waals surface area contributed by atoms with Crippen molar-refractivity contribution < 1.29 is 24.3 Å². The SMILES string of the molecule is O=C(Nc1ccc(NC2=CC(O)c3ccccc3C2O)cc1)c1ccc([N+](=O)[O-])c(F)c1. The van der Waals surface area contributed by atoms with Crippen LogP contribution in [0.1, 0.15) is 33.7 Å². The fourth-order valence-electron chi connectivity index (χ4n) is 3.46. The summed E-state index contributed by atoms with van der Waals surface area (Å²) in [6.07, 6.45) is -0.241. The molecule has 4 N–H and O–H groups in total. The fourth-order valence-corrected chi connectivity index (χ4v) is 3.46. The zero-order valence-corrected chi connectivity index (χ0v) is 16.5. The largest absolute Gasteiger partial charge is 0.384 e. The van der Waals surface area contributed by atoms with E-state index in [2.05, 4.69) is 10.6 Å². The molecule has 2 unspecified atom stereocenters. The first kappa shape index (κ1) is 21.2. The molecular formula is C23H18FN3O5. The van der Waals surface area contributed by atoms with Gasteiger partial charge in [0.05, 0.1) is 11.0 Å². The van der Waals surface area contributed by atoms with Crippen molar-refractivity contribution in [2.75, 3.05) is 10.6 Å². The van der Waals surface area contributed by atoms with E-state index >= 15 is 0 Å². The third kappa shape index (κ3) is 4.20. The van der Waals surface area contributed by atoms with Crippen LogP contribution >= 0.6 is 0 Å². The number of fused-ring (bicyclic) bond motifs is 1. The van der Waals surface area contributed by atoms with E-state index < -0.39 is 34.5 Å². The van der Waals surface area contributed by atoms with Gasteiger partial charge in [-0.3, -0.25) is 14.9 Å². The summed E-state index contributed by atoms with van der Waals surface area (Å²) in [6.45, 7) is 0. The molecule has 1 amide bonds. The molecule has 0 spiro atoms. The number of hydrogen-bond acceptors (Lipinski definition) is 6. The van der Waals surface area contributed by atoms with Crippen molar-refractivity contribution in [3.8, 4) is 0 Å². The number of aliphatic hydroxyl groups excluding tert-OH is 2. The molecule has 0 aromatic heterocycles. The topological polar surface area (TPSA) is 125 Å². The number of carbonyl (C=O) groups is 1. The van der Waals surface area contributed by atoms with Crippen molar-refractivity contribution in [3.63, 3.8) is 0 Å². The van der Waals surface area contributed by atoms with Crippen LogP contribution in [0.5, 0.6) is 0 Å². The summed E-state index contributed by atoms with van der Waals surface area (Å²) in [5.41, 5.74) is 1.95. The van der Waals surface area contributed by atoms with Crippen LogP contribution in [0.4, 0.5) is 21.5 Å². The van der Waals surface area contributed by atoms with Gasteiger partial charge in [-0.2, -0.15) is 4.39 Å². The Morgan fingerprint density at radius 1 is 0.969 bits per heavy atom. The first-order valence-corrected chi connectivity index (χ1v) is 9.62. The van der Waals surface area contributed by atoms with Crippen LogP contribution in [0.2, 0.25) is 0 Å². The summed E-state index contributed by atoms with van der Waals surface area (Å²) in [7, 11) is 0. The van der Waals surface area contributed by atoms with Crippen LogP contribution in [0.3, 0.4) is 0 Å². The number of aliphatic hydroxyl groups is 2. The molecular weight excluding hydrogens is 417 g/mol. The third-order valence-corrected chi connectivity index (χ3v) is 5.08. The van der Waals surface area contributed by atoms with E-state index in [-0.39, 0.29) is 5.56 Å². The first-order valence-electron chi connectivity index (χ1n) is 9.62. The summed E-state index contributed by atoms with van der Waals surface area (Å²) in [5.74, 6) is -1.71. The number of rotatable bonds is 5. The predicted octanol–water partition coefficient (Wildman–Crippen LogP) is 4.06. The molecule has 4 rings (SSSR count). The molecule has 1 aliphatic rings. The summed E-state index contributed by atoms with van der Waals surface area (Å²) >= 11 is 0.